The smallest absolute Gasteiger partial charge is 0.151 e. The average Bonchev–Trinajstić information content (AvgIpc) is 3.11. The monoisotopic (exact) mass is 337 g/mol. The third-order valence-corrected chi connectivity index (χ3v) is 6.94. The molecule has 1 aromatic rings. The van der Waals surface area contributed by atoms with Crippen molar-refractivity contribution in [2.45, 2.75) is 51.8 Å². The molecule has 0 bridgehead atoms. The molecule has 0 unspecified atom stereocenters. The highest BCUT2D eigenvalue weighted by molar-refractivity contribution is 7.91. The standard InChI is InChI=1S/C18H27NO3S/c1-14-5-3-6-15(2)18(14)12-19(11-17-7-4-9-22-17)16-8-10-23(20,21)13-16/h3,5-6,16-17H,4,7-13H2,1-2H3/t16-,17-/m1/s1. The Morgan fingerprint density at radius 1 is 1.22 bits per heavy atom. The molecule has 0 amide bonds. The number of hydrogen-bond acceptors (Lipinski definition) is 4. The van der Waals surface area contributed by atoms with E-state index in [0.717, 1.165) is 39.0 Å². The first kappa shape index (κ1) is 16.9. The van der Waals surface area contributed by atoms with Crippen molar-refractivity contribution in [1.29, 1.82) is 0 Å². The second kappa shape index (κ2) is 6.91. The normalized spacial score (nSPS) is 26.9. The van der Waals surface area contributed by atoms with E-state index in [9.17, 15) is 8.42 Å². The van der Waals surface area contributed by atoms with E-state index in [-0.39, 0.29) is 12.1 Å². The molecule has 2 fully saturated rings. The number of sulfone groups is 1. The molecule has 0 aliphatic carbocycles. The Hall–Kier alpha value is -0.910. The van der Waals surface area contributed by atoms with Crippen LogP contribution >= 0.6 is 0 Å². The largest absolute Gasteiger partial charge is 0.377 e. The quantitative estimate of drug-likeness (QED) is 0.828. The number of ether oxygens (including phenoxy) is 1. The molecule has 3 rings (SSSR count). The Bertz CT molecular complexity index is 630. The molecule has 2 aliphatic rings. The maximum atomic E-state index is 11.9. The second-order valence-corrected chi connectivity index (χ2v) is 9.22. The molecule has 2 heterocycles. The zero-order valence-electron chi connectivity index (χ0n) is 14.1. The van der Waals surface area contributed by atoms with Crippen LogP contribution < -0.4 is 0 Å². The van der Waals surface area contributed by atoms with E-state index in [1.165, 1.54) is 16.7 Å². The van der Waals surface area contributed by atoms with Gasteiger partial charge in [-0.05, 0) is 49.8 Å². The second-order valence-electron chi connectivity index (χ2n) is 6.99. The van der Waals surface area contributed by atoms with Crippen LogP contribution in [-0.4, -0.2) is 50.1 Å². The molecule has 2 atom stereocenters. The van der Waals surface area contributed by atoms with Crippen molar-refractivity contribution in [1.82, 2.24) is 4.90 Å². The third kappa shape index (κ3) is 4.14. The van der Waals surface area contributed by atoms with Crippen LogP contribution in [0.5, 0.6) is 0 Å². The van der Waals surface area contributed by atoms with E-state index in [1.54, 1.807) is 0 Å². The molecule has 128 valence electrons. The van der Waals surface area contributed by atoms with Gasteiger partial charge in [0.1, 0.15) is 0 Å². The Morgan fingerprint density at radius 3 is 2.52 bits per heavy atom. The van der Waals surface area contributed by atoms with Gasteiger partial charge in [-0.2, -0.15) is 0 Å². The van der Waals surface area contributed by atoms with E-state index in [4.69, 9.17) is 4.74 Å². The highest BCUT2D eigenvalue weighted by Gasteiger charge is 2.34. The molecule has 0 spiro atoms. The van der Waals surface area contributed by atoms with Gasteiger partial charge in [-0.3, -0.25) is 4.90 Å². The average molecular weight is 337 g/mol. The molecule has 2 aliphatic heterocycles. The summed E-state index contributed by atoms with van der Waals surface area (Å²) in [5, 5.41) is 0. The lowest BCUT2D eigenvalue weighted by atomic mass is 10.0. The van der Waals surface area contributed by atoms with E-state index < -0.39 is 9.84 Å². The lowest BCUT2D eigenvalue weighted by molar-refractivity contribution is 0.0573. The molecule has 23 heavy (non-hydrogen) atoms. The summed E-state index contributed by atoms with van der Waals surface area (Å²) < 4.78 is 29.6. The van der Waals surface area contributed by atoms with Gasteiger partial charge in [0, 0.05) is 25.7 Å². The van der Waals surface area contributed by atoms with Gasteiger partial charge in [0.05, 0.1) is 17.6 Å². The number of rotatable bonds is 5. The van der Waals surface area contributed by atoms with Gasteiger partial charge in [-0.1, -0.05) is 18.2 Å². The first-order valence-corrected chi connectivity index (χ1v) is 10.4. The van der Waals surface area contributed by atoms with Crippen molar-refractivity contribution >= 4 is 9.84 Å². The zero-order valence-corrected chi connectivity index (χ0v) is 14.9. The Morgan fingerprint density at radius 2 is 1.96 bits per heavy atom. The summed E-state index contributed by atoms with van der Waals surface area (Å²) in [6, 6.07) is 6.48. The molecule has 1 aromatic carbocycles. The van der Waals surface area contributed by atoms with E-state index >= 15 is 0 Å². The van der Waals surface area contributed by atoms with Crippen LogP contribution in [0.3, 0.4) is 0 Å². The summed E-state index contributed by atoms with van der Waals surface area (Å²) in [6.45, 7) is 6.77. The minimum atomic E-state index is -2.87. The molecular weight excluding hydrogens is 310 g/mol. The molecule has 0 saturated carbocycles. The van der Waals surface area contributed by atoms with Gasteiger partial charge < -0.3 is 4.74 Å². The van der Waals surface area contributed by atoms with Crippen molar-refractivity contribution < 1.29 is 13.2 Å². The highest BCUT2D eigenvalue weighted by atomic mass is 32.2. The summed E-state index contributed by atoms with van der Waals surface area (Å²) >= 11 is 0. The van der Waals surface area contributed by atoms with Crippen molar-refractivity contribution in [3.8, 4) is 0 Å². The molecule has 4 nitrogen and oxygen atoms in total. The van der Waals surface area contributed by atoms with Gasteiger partial charge in [-0.15, -0.1) is 0 Å². The number of benzene rings is 1. The Labute approximate surface area is 139 Å². The topological polar surface area (TPSA) is 46.6 Å². The van der Waals surface area contributed by atoms with Crippen LogP contribution in [0, 0.1) is 13.8 Å². The number of nitrogens with zero attached hydrogens (tertiary/aromatic N) is 1. The Balaban J connectivity index is 1.79. The maximum absolute atomic E-state index is 11.9. The van der Waals surface area contributed by atoms with Crippen LogP contribution in [-0.2, 0) is 21.1 Å². The van der Waals surface area contributed by atoms with Gasteiger partial charge in [-0.25, -0.2) is 8.42 Å². The first-order valence-electron chi connectivity index (χ1n) is 8.56. The van der Waals surface area contributed by atoms with E-state index in [1.807, 2.05) is 0 Å². The summed E-state index contributed by atoms with van der Waals surface area (Å²) in [4.78, 5) is 2.36. The fraction of sp³-hybridized carbons (Fsp3) is 0.667. The van der Waals surface area contributed by atoms with Gasteiger partial charge in [0.25, 0.3) is 0 Å². The molecule has 5 heteroatoms. The first-order chi connectivity index (χ1) is 10.9. The van der Waals surface area contributed by atoms with Crippen LogP contribution in [0.2, 0.25) is 0 Å². The van der Waals surface area contributed by atoms with Gasteiger partial charge in [0.15, 0.2) is 9.84 Å². The van der Waals surface area contributed by atoms with Gasteiger partial charge in [0.2, 0.25) is 0 Å². The molecule has 0 radical (unpaired) electrons. The summed E-state index contributed by atoms with van der Waals surface area (Å²) in [6.07, 6.45) is 3.20. The molecule has 0 N–H and O–H groups in total. The minimum Gasteiger partial charge on any atom is -0.377 e. The summed E-state index contributed by atoms with van der Waals surface area (Å²) in [5.41, 5.74) is 3.89. The fourth-order valence-corrected chi connectivity index (χ4v) is 5.52. The zero-order chi connectivity index (χ0) is 16.4. The highest BCUT2D eigenvalue weighted by Crippen LogP contribution is 2.25. The lowest BCUT2D eigenvalue weighted by Gasteiger charge is -2.31. The van der Waals surface area contributed by atoms with Crippen LogP contribution in [0.15, 0.2) is 18.2 Å². The molecular formula is C18H27NO3S. The van der Waals surface area contributed by atoms with Crippen molar-refractivity contribution in [3.05, 3.63) is 34.9 Å². The van der Waals surface area contributed by atoms with Crippen molar-refractivity contribution in [2.24, 2.45) is 0 Å². The van der Waals surface area contributed by atoms with Crippen molar-refractivity contribution in [2.75, 3.05) is 24.7 Å². The maximum Gasteiger partial charge on any atom is 0.151 e. The SMILES string of the molecule is Cc1cccc(C)c1CN(C[C@H]1CCCO1)[C@@H]1CCS(=O)(=O)C1. The van der Waals surface area contributed by atoms with Crippen LogP contribution in [0.25, 0.3) is 0 Å². The van der Waals surface area contributed by atoms with Crippen molar-refractivity contribution in [3.63, 3.8) is 0 Å². The predicted molar refractivity (Wildman–Crippen MR) is 92.4 cm³/mol. The fourth-order valence-electron chi connectivity index (χ4n) is 3.76. The summed E-state index contributed by atoms with van der Waals surface area (Å²) in [7, 11) is -2.87. The third-order valence-electron chi connectivity index (χ3n) is 5.19. The molecule has 2 saturated heterocycles. The number of aryl methyl sites for hydroxylation is 2. The molecule has 0 aromatic heterocycles. The summed E-state index contributed by atoms with van der Waals surface area (Å²) in [5.74, 6) is 0.622. The van der Waals surface area contributed by atoms with Crippen LogP contribution in [0.4, 0.5) is 0 Å². The van der Waals surface area contributed by atoms with E-state index in [2.05, 4.69) is 36.9 Å². The predicted octanol–water partition coefficient (Wildman–Crippen LogP) is 2.47. The van der Waals surface area contributed by atoms with E-state index in [0.29, 0.717) is 11.5 Å². The van der Waals surface area contributed by atoms with Crippen LogP contribution in [0.1, 0.15) is 36.0 Å². The van der Waals surface area contributed by atoms with Gasteiger partial charge >= 0.3 is 0 Å². The minimum absolute atomic E-state index is 0.128. The lowest BCUT2D eigenvalue weighted by Crippen LogP contribution is -2.41. The number of hydrogen-bond donors (Lipinski definition) is 0. The Kier molecular flexibility index (Phi) is 5.09.